The molecule has 7 heteroatoms. The van der Waals surface area contributed by atoms with E-state index in [-0.39, 0.29) is 23.8 Å². The zero-order chi connectivity index (χ0) is 26.9. The van der Waals surface area contributed by atoms with Gasteiger partial charge in [-0.2, -0.15) is 0 Å². The average Bonchev–Trinajstić information content (AvgIpc) is 2.90. The van der Waals surface area contributed by atoms with Crippen LogP contribution in [-0.4, -0.2) is 0 Å². The van der Waals surface area contributed by atoms with Crippen LogP contribution in [0.4, 0.5) is 30.7 Å². The van der Waals surface area contributed by atoms with Gasteiger partial charge in [-0.25, -0.2) is 30.7 Å². The van der Waals surface area contributed by atoms with E-state index in [2.05, 4.69) is 0 Å². The van der Waals surface area contributed by atoms with Crippen molar-refractivity contribution in [3.8, 4) is 22.3 Å². The lowest BCUT2D eigenvalue weighted by atomic mass is 9.67. The van der Waals surface area contributed by atoms with Crippen molar-refractivity contribution in [3.05, 3.63) is 82.7 Å². The van der Waals surface area contributed by atoms with Gasteiger partial charge in [0, 0.05) is 11.1 Å². The molecule has 0 saturated heterocycles. The fourth-order valence-corrected chi connectivity index (χ4v) is 6.07. The third-order valence-electron chi connectivity index (χ3n) is 7.74. The van der Waals surface area contributed by atoms with Gasteiger partial charge in [-0.3, -0.25) is 0 Å². The van der Waals surface area contributed by atoms with Gasteiger partial charge in [0.15, 0.2) is 34.9 Å². The predicted octanol–water partition coefficient (Wildman–Crippen LogP) is 10.1. The van der Waals surface area contributed by atoms with Crippen LogP contribution in [0.1, 0.15) is 70.3 Å². The molecule has 1 aliphatic rings. The highest BCUT2D eigenvalue weighted by Gasteiger charge is 2.38. The van der Waals surface area contributed by atoms with E-state index in [1.165, 1.54) is 24.3 Å². The zero-order valence-corrected chi connectivity index (χ0v) is 20.8. The van der Waals surface area contributed by atoms with E-state index >= 15 is 22.0 Å². The van der Waals surface area contributed by atoms with Gasteiger partial charge in [0.25, 0.3) is 0 Å². The molecule has 3 aromatic rings. The van der Waals surface area contributed by atoms with Crippen molar-refractivity contribution in [3.63, 3.8) is 0 Å². The minimum atomic E-state index is -1.86. The van der Waals surface area contributed by atoms with Gasteiger partial charge in [0.1, 0.15) is 5.82 Å². The second-order valence-electron chi connectivity index (χ2n) is 9.83. The standard InChI is InChI=1S/C30H29F7/c1-3-10-16-11-8-9-14-19(16)18(4-2)23-27(34)29(36)24(30(37)28(23)35)20-15-21(31)22(26(33)25(20)32)17-12-6-5-7-13-17/h5-7,12-13,15-16,18-19H,3-4,8-11,14H2,1-2H3. The van der Waals surface area contributed by atoms with E-state index in [1.54, 1.807) is 13.0 Å². The first-order valence-corrected chi connectivity index (χ1v) is 12.8. The zero-order valence-electron chi connectivity index (χ0n) is 20.8. The van der Waals surface area contributed by atoms with Crippen molar-refractivity contribution in [2.45, 2.75) is 64.7 Å². The normalized spacial score (nSPS) is 18.7. The Morgan fingerprint density at radius 1 is 0.730 bits per heavy atom. The highest BCUT2D eigenvalue weighted by Crippen LogP contribution is 2.47. The Morgan fingerprint density at radius 3 is 1.92 bits per heavy atom. The molecule has 1 fully saturated rings. The summed E-state index contributed by atoms with van der Waals surface area (Å²) in [6.45, 7) is 3.72. The van der Waals surface area contributed by atoms with Crippen LogP contribution in [0.3, 0.4) is 0 Å². The Labute approximate surface area is 212 Å². The summed E-state index contributed by atoms with van der Waals surface area (Å²) in [6.07, 6.45) is 5.35. The first kappa shape index (κ1) is 27.2. The maximum atomic E-state index is 15.5. The molecule has 0 nitrogen and oxygen atoms in total. The summed E-state index contributed by atoms with van der Waals surface area (Å²) in [6, 6.07) is 7.57. The third kappa shape index (κ3) is 4.89. The van der Waals surface area contributed by atoms with Crippen molar-refractivity contribution >= 4 is 0 Å². The molecule has 3 atom stereocenters. The summed E-state index contributed by atoms with van der Waals surface area (Å²) in [5.74, 6) is -12.6. The van der Waals surface area contributed by atoms with Gasteiger partial charge in [-0.1, -0.05) is 76.3 Å². The van der Waals surface area contributed by atoms with Gasteiger partial charge in [-0.15, -0.1) is 0 Å². The minimum absolute atomic E-state index is 0.00324. The monoisotopic (exact) mass is 522 g/mol. The summed E-state index contributed by atoms with van der Waals surface area (Å²) in [7, 11) is 0. The van der Waals surface area contributed by atoms with Gasteiger partial charge in [0.05, 0.1) is 11.1 Å². The second kappa shape index (κ2) is 11.3. The number of hydrogen-bond donors (Lipinski definition) is 0. The van der Waals surface area contributed by atoms with Crippen LogP contribution in [0.2, 0.25) is 0 Å². The average molecular weight is 523 g/mol. The fraction of sp³-hybridized carbons (Fsp3) is 0.400. The van der Waals surface area contributed by atoms with E-state index in [0.717, 1.165) is 32.1 Å². The lowest BCUT2D eigenvalue weighted by molar-refractivity contribution is 0.179. The molecule has 3 aromatic carbocycles. The van der Waals surface area contributed by atoms with Crippen LogP contribution >= 0.6 is 0 Å². The smallest absolute Gasteiger partial charge is 0.170 e. The maximum Gasteiger partial charge on any atom is 0.170 e. The lowest BCUT2D eigenvalue weighted by Gasteiger charge is -2.37. The summed E-state index contributed by atoms with van der Waals surface area (Å²) in [5.41, 5.74) is -4.14. The summed E-state index contributed by atoms with van der Waals surface area (Å²) in [4.78, 5) is 0. The molecule has 0 spiro atoms. The molecule has 4 rings (SSSR count). The van der Waals surface area contributed by atoms with Crippen LogP contribution in [0.5, 0.6) is 0 Å². The SMILES string of the molecule is CCCC1CCCCC1C(CC)c1c(F)c(F)c(-c2cc(F)c(-c3ccccc3)c(F)c2F)c(F)c1F. The molecule has 0 radical (unpaired) electrons. The fourth-order valence-electron chi connectivity index (χ4n) is 6.07. The van der Waals surface area contributed by atoms with E-state index < -0.39 is 68.9 Å². The largest absolute Gasteiger partial charge is 0.206 e. The van der Waals surface area contributed by atoms with Crippen molar-refractivity contribution in [1.82, 2.24) is 0 Å². The molecule has 0 N–H and O–H groups in total. The van der Waals surface area contributed by atoms with Crippen LogP contribution in [-0.2, 0) is 0 Å². The van der Waals surface area contributed by atoms with Crippen molar-refractivity contribution in [2.24, 2.45) is 11.8 Å². The lowest BCUT2D eigenvalue weighted by Crippen LogP contribution is -2.27. The second-order valence-corrected chi connectivity index (χ2v) is 9.83. The molecule has 0 aliphatic heterocycles. The molecule has 3 unspecified atom stereocenters. The van der Waals surface area contributed by atoms with Crippen molar-refractivity contribution < 1.29 is 30.7 Å². The van der Waals surface area contributed by atoms with Crippen molar-refractivity contribution in [1.29, 1.82) is 0 Å². The Bertz CT molecular complexity index is 1240. The summed E-state index contributed by atoms with van der Waals surface area (Å²) < 4.78 is 107. The molecule has 0 aromatic heterocycles. The number of rotatable bonds is 7. The van der Waals surface area contributed by atoms with Gasteiger partial charge >= 0.3 is 0 Å². The maximum absolute atomic E-state index is 15.5. The molecule has 37 heavy (non-hydrogen) atoms. The van der Waals surface area contributed by atoms with Gasteiger partial charge in [-0.05, 0) is 42.2 Å². The van der Waals surface area contributed by atoms with E-state index in [1.807, 2.05) is 6.92 Å². The summed E-state index contributed by atoms with van der Waals surface area (Å²) in [5, 5.41) is 0. The van der Waals surface area contributed by atoms with Gasteiger partial charge < -0.3 is 0 Å². The van der Waals surface area contributed by atoms with E-state index in [9.17, 15) is 8.78 Å². The molecule has 1 aliphatic carbocycles. The van der Waals surface area contributed by atoms with Crippen LogP contribution in [0, 0.1) is 52.6 Å². The third-order valence-corrected chi connectivity index (χ3v) is 7.74. The molecule has 0 heterocycles. The quantitative estimate of drug-likeness (QED) is 0.214. The molecule has 198 valence electrons. The first-order chi connectivity index (χ1) is 17.7. The van der Waals surface area contributed by atoms with Crippen LogP contribution in [0.25, 0.3) is 22.3 Å². The van der Waals surface area contributed by atoms with Crippen LogP contribution < -0.4 is 0 Å². The highest BCUT2D eigenvalue weighted by molar-refractivity contribution is 5.73. The Kier molecular flexibility index (Phi) is 8.29. The Hall–Kier alpha value is -2.83. The predicted molar refractivity (Wildman–Crippen MR) is 130 cm³/mol. The van der Waals surface area contributed by atoms with Crippen LogP contribution in [0.15, 0.2) is 36.4 Å². The van der Waals surface area contributed by atoms with E-state index in [0.29, 0.717) is 12.5 Å². The minimum Gasteiger partial charge on any atom is -0.206 e. The first-order valence-electron chi connectivity index (χ1n) is 12.8. The number of benzene rings is 3. The highest BCUT2D eigenvalue weighted by atomic mass is 19.2. The molecule has 0 bridgehead atoms. The molecular formula is C30H29F7. The Balaban J connectivity index is 1.86. The molecule has 0 amide bonds. The number of hydrogen-bond acceptors (Lipinski definition) is 0. The van der Waals surface area contributed by atoms with Gasteiger partial charge in [0.2, 0.25) is 0 Å². The molecular weight excluding hydrogens is 493 g/mol. The summed E-state index contributed by atoms with van der Waals surface area (Å²) >= 11 is 0. The topological polar surface area (TPSA) is 0 Å². The van der Waals surface area contributed by atoms with Crippen molar-refractivity contribution in [2.75, 3.05) is 0 Å². The van der Waals surface area contributed by atoms with E-state index in [4.69, 9.17) is 0 Å². The number of halogens is 7. The Morgan fingerprint density at radius 2 is 1.32 bits per heavy atom. The molecule has 1 saturated carbocycles.